The fraction of sp³-hybridized carbons (Fsp3) is 0.263. The van der Waals surface area contributed by atoms with Gasteiger partial charge in [-0.1, -0.05) is 18.2 Å². The standard InChI is InChI=1S/C19H19F2N3O5S/c1-30(28,29)23-15-6-3-2-5-12(15)11-9-13(20)17(14(21)10-11)24-8-4-7-16(18(24)25)22-19(26)27/h2-3,5-6,9-10,16,22-23H,4,7-8H2,1H3,(H,26,27)/t16-/m1/s1. The lowest BCUT2D eigenvalue weighted by molar-refractivity contribution is -0.121. The van der Waals surface area contributed by atoms with Gasteiger partial charge in [-0.05, 0) is 36.6 Å². The minimum absolute atomic E-state index is 0.0377. The van der Waals surface area contributed by atoms with E-state index < -0.39 is 45.4 Å². The molecule has 0 saturated carbocycles. The molecule has 160 valence electrons. The molecule has 1 saturated heterocycles. The number of nitrogens with one attached hydrogen (secondary N) is 2. The number of benzene rings is 2. The first-order valence-electron chi connectivity index (χ1n) is 8.94. The molecule has 0 radical (unpaired) electrons. The highest BCUT2D eigenvalue weighted by Crippen LogP contribution is 2.35. The number of carbonyl (C=O) groups is 2. The molecular formula is C19H19F2N3O5S. The van der Waals surface area contributed by atoms with Crippen LogP contribution in [0.1, 0.15) is 12.8 Å². The second-order valence-electron chi connectivity index (χ2n) is 6.84. The average molecular weight is 439 g/mol. The van der Waals surface area contributed by atoms with Crippen molar-refractivity contribution in [1.29, 1.82) is 0 Å². The van der Waals surface area contributed by atoms with Crippen LogP contribution in [-0.2, 0) is 14.8 Å². The van der Waals surface area contributed by atoms with Crippen LogP contribution in [0.25, 0.3) is 11.1 Å². The van der Waals surface area contributed by atoms with E-state index in [9.17, 15) is 26.8 Å². The maximum Gasteiger partial charge on any atom is 0.405 e. The van der Waals surface area contributed by atoms with Crippen molar-refractivity contribution >= 4 is 33.4 Å². The van der Waals surface area contributed by atoms with Crippen molar-refractivity contribution in [3.8, 4) is 11.1 Å². The summed E-state index contributed by atoms with van der Waals surface area (Å²) in [6.45, 7) is 0.0377. The summed E-state index contributed by atoms with van der Waals surface area (Å²) in [4.78, 5) is 24.3. The van der Waals surface area contributed by atoms with E-state index in [0.29, 0.717) is 6.42 Å². The highest BCUT2D eigenvalue weighted by Gasteiger charge is 2.34. The largest absolute Gasteiger partial charge is 0.465 e. The van der Waals surface area contributed by atoms with E-state index >= 15 is 0 Å². The predicted molar refractivity (Wildman–Crippen MR) is 107 cm³/mol. The number of para-hydroxylation sites is 1. The predicted octanol–water partition coefficient (Wildman–Crippen LogP) is 2.77. The molecule has 1 aliphatic heterocycles. The molecule has 2 aromatic rings. The summed E-state index contributed by atoms with van der Waals surface area (Å²) in [5, 5.41) is 10.9. The minimum Gasteiger partial charge on any atom is -0.465 e. The van der Waals surface area contributed by atoms with Gasteiger partial charge in [-0.25, -0.2) is 22.0 Å². The van der Waals surface area contributed by atoms with Gasteiger partial charge in [0.05, 0.1) is 11.9 Å². The maximum atomic E-state index is 14.9. The Bertz CT molecular complexity index is 1080. The number of halogens is 2. The lowest BCUT2D eigenvalue weighted by Crippen LogP contribution is -2.52. The number of piperidine rings is 1. The number of sulfonamides is 1. The van der Waals surface area contributed by atoms with Crippen molar-refractivity contribution < 1.29 is 31.9 Å². The second kappa shape index (κ2) is 8.27. The van der Waals surface area contributed by atoms with Crippen LogP contribution < -0.4 is 14.9 Å². The molecule has 1 aliphatic rings. The number of amides is 2. The Balaban J connectivity index is 2.00. The second-order valence-corrected chi connectivity index (χ2v) is 8.59. The molecule has 0 aromatic heterocycles. The molecule has 1 heterocycles. The van der Waals surface area contributed by atoms with Crippen molar-refractivity contribution in [3.05, 3.63) is 48.0 Å². The summed E-state index contributed by atoms with van der Waals surface area (Å²) in [5.74, 6) is -2.79. The zero-order valence-corrected chi connectivity index (χ0v) is 16.7. The summed E-state index contributed by atoms with van der Waals surface area (Å²) in [7, 11) is -3.62. The number of hydrogen-bond acceptors (Lipinski definition) is 4. The van der Waals surface area contributed by atoms with E-state index in [0.717, 1.165) is 23.3 Å². The molecular weight excluding hydrogens is 420 g/mol. The number of hydrogen-bond donors (Lipinski definition) is 3. The summed E-state index contributed by atoms with van der Waals surface area (Å²) in [6, 6.07) is 7.03. The zero-order chi connectivity index (χ0) is 22.1. The normalized spacial score (nSPS) is 17.0. The van der Waals surface area contributed by atoms with Gasteiger partial charge in [-0.2, -0.15) is 0 Å². The lowest BCUT2D eigenvalue weighted by Gasteiger charge is -2.32. The van der Waals surface area contributed by atoms with E-state index in [1.165, 1.54) is 12.1 Å². The topological polar surface area (TPSA) is 116 Å². The molecule has 0 unspecified atom stereocenters. The number of carbonyl (C=O) groups excluding carboxylic acids is 1. The van der Waals surface area contributed by atoms with Gasteiger partial charge in [-0.15, -0.1) is 0 Å². The Kier molecular flexibility index (Phi) is 5.92. The molecule has 0 bridgehead atoms. The molecule has 2 aromatic carbocycles. The van der Waals surface area contributed by atoms with Crippen LogP contribution in [0.5, 0.6) is 0 Å². The number of anilines is 2. The highest BCUT2D eigenvalue weighted by atomic mass is 32.2. The Morgan fingerprint density at radius 3 is 2.43 bits per heavy atom. The third kappa shape index (κ3) is 4.67. The first kappa shape index (κ1) is 21.5. The van der Waals surface area contributed by atoms with Gasteiger partial charge in [0.25, 0.3) is 0 Å². The summed E-state index contributed by atoms with van der Waals surface area (Å²) in [6.07, 6.45) is 0.144. The van der Waals surface area contributed by atoms with Crippen molar-refractivity contribution in [2.45, 2.75) is 18.9 Å². The average Bonchev–Trinajstić information content (AvgIpc) is 2.63. The van der Waals surface area contributed by atoms with Gasteiger partial charge in [0.2, 0.25) is 15.9 Å². The monoisotopic (exact) mass is 439 g/mol. The van der Waals surface area contributed by atoms with E-state index in [1.807, 2.05) is 0 Å². The summed E-state index contributed by atoms with van der Waals surface area (Å²) in [5.41, 5.74) is -0.103. The molecule has 1 atom stereocenters. The van der Waals surface area contributed by atoms with Gasteiger partial charge >= 0.3 is 6.09 Å². The van der Waals surface area contributed by atoms with Crippen LogP contribution in [0, 0.1) is 11.6 Å². The summed E-state index contributed by atoms with van der Waals surface area (Å²) >= 11 is 0. The van der Waals surface area contributed by atoms with Crippen LogP contribution in [0.15, 0.2) is 36.4 Å². The fourth-order valence-electron chi connectivity index (χ4n) is 3.38. The number of rotatable bonds is 5. The van der Waals surface area contributed by atoms with E-state index in [4.69, 9.17) is 5.11 Å². The third-order valence-electron chi connectivity index (χ3n) is 4.56. The maximum absolute atomic E-state index is 14.9. The molecule has 3 N–H and O–H groups in total. The van der Waals surface area contributed by atoms with Gasteiger partial charge in [-0.3, -0.25) is 9.52 Å². The molecule has 30 heavy (non-hydrogen) atoms. The smallest absolute Gasteiger partial charge is 0.405 e. The van der Waals surface area contributed by atoms with Crippen LogP contribution in [0.3, 0.4) is 0 Å². The lowest BCUT2D eigenvalue weighted by atomic mass is 10.0. The van der Waals surface area contributed by atoms with Gasteiger partial charge in [0.1, 0.15) is 11.7 Å². The first-order chi connectivity index (χ1) is 14.1. The van der Waals surface area contributed by atoms with E-state index in [2.05, 4.69) is 10.0 Å². The van der Waals surface area contributed by atoms with Gasteiger partial charge in [0.15, 0.2) is 11.6 Å². The quantitative estimate of drug-likeness (QED) is 0.663. The zero-order valence-electron chi connectivity index (χ0n) is 15.9. The Hall–Kier alpha value is -3.21. The molecule has 0 spiro atoms. The molecule has 2 amide bonds. The van der Waals surface area contributed by atoms with E-state index in [1.54, 1.807) is 12.1 Å². The molecule has 3 rings (SSSR count). The van der Waals surface area contributed by atoms with Crippen molar-refractivity contribution in [2.75, 3.05) is 22.4 Å². The van der Waals surface area contributed by atoms with Crippen LogP contribution >= 0.6 is 0 Å². The van der Waals surface area contributed by atoms with Gasteiger partial charge < -0.3 is 15.3 Å². The van der Waals surface area contributed by atoms with Gasteiger partial charge in [0, 0.05) is 12.1 Å². The van der Waals surface area contributed by atoms with Crippen LogP contribution in [0.2, 0.25) is 0 Å². The van der Waals surface area contributed by atoms with Crippen LogP contribution in [-0.4, -0.2) is 44.4 Å². The van der Waals surface area contributed by atoms with Crippen LogP contribution in [0.4, 0.5) is 25.0 Å². The minimum atomic E-state index is -3.62. The Labute approximate surface area is 171 Å². The SMILES string of the molecule is CS(=O)(=O)Nc1ccccc1-c1cc(F)c(N2CCC[C@@H](NC(=O)O)C2=O)c(F)c1. The number of nitrogens with zero attached hydrogens (tertiary/aromatic N) is 1. The first-order valence-corrected chi connectivity index (χ1v) is 10.8. The molecule has 11 heteroatoms. The third-order valence-corrected chi connectivity index (χ3v) is 5.15. The molecule has 8 nitrogen and oxygen atoms in total. The summed E-state index contributed by atoms with van der Waals surface area (Å²) < 4.78 is 55.2. The van der Waals surface area contributed by atoms with Crippen molar-refractivity contribution in [3.63, 3.8) is 0 Å². The number of carboxylic acid groups (broad SMARTS) is 1. The fourth-order valence-corrected chi connectivity index (χ4v) is 3.96. The Morgan fingerprint density at radius 1 is 1.20 bits per heavy atom. The van der Waals surface area contributed by atoms with Crippen molar-refractivity contribution in [2.24, 2.45) is 0 Å². The Morgan fingerprint density at radius 2 is 1.83 bits per heavy atom. The highest BCUT2D eigenvalue weighted by molar-refractivity contribution is 7.92. The molecule has 1 fully saturated rings. The molecule has 0 aliphatic carbocycles. The van der Waals surface area contributed by atoms with Crippen molar-refractivity contribution in [1.82, 2.24) is 5.32 Å². The van der Waals surface area contributed by atoms with E-state index in [-0.39, 0.29) is 29.8 Å².